The molecule has 0 radical (unpaired) electrons. The molecule has 2 aromatic carbocycles. The molecule has 3 heterocycles. The van der Waals surface area contributed by atoms with Gasteiger partial charge in [0.25, 0.3) is 0 Å². The predicted molar refractivity (Wildman–Crippen MR) is 186 cm³/mol. The molecule has 2 saturated heterocycles. The van der Waals surface area contributed by atoms with Gasteiger partial charge in [0.05, 0.1) is 12.7 Å². The third kappa shape index (κ3) is 4.32. The molecule has 11 atom stereocenters. The zero-order chi connectivity index (χ0) is 31.4. The van der Waals surface area contributed by atoms with Gasteiger partial charge >= 0.3 is 0 Å². The average Bonchev–Trinajstić information content (AvgIpc) is 3.66. The topological polar surface area (TPSA) is 27.3 Å². The van der Waals surface area contributed by atoms with E-state index in [0.29, 0.717) is 40.7 Å². The van der Waals surface area contributed by atoms with Gasteiger partial charge in [0, 0.05) is 28.8 Å². The molecule has 0 amide bonds. The minimum Gasteiger partial charge on any atom is -0.349 e. The summed E-state index contributed by atoms with van der Waals surface area (Å²) in [5.74, 6) is 3.88. The lowest BCUT2D eigenvalue weighted by Gasteiger charge is -2.58. The van der Waals surface area contributed by atoms with Crippen LogP contribution in [0.2, 0.25) is 0 Å². The van der Waals surface area contributed by atoms with Crippen LogP contribution < -0.4 is 4.57 Å². The van der Waals surface area contributed by atoms with E-state index in [1.54, 1.807) is 5.57 Å². The predicted octanol–water partition coefficient (Wildman–Crippen LogP) is 9.65. The molecule has 6 aliphatic rings. The van der Waals surface area contributed by atoms with Gasteiger partial charge in [0.1, 0.15) is 12.6 Å². The number of nitrogens with zero attached hydrogens (tertiary/aromatic N) is 2. The van der Waals surface area contributed by atoms with Crippen LogP contribution in [0, 0.1) is 46.3 Å². The molecule has 46 heavy (non-hydrogen) atoms. The van der Waals surface area contributed by atoms with Gasteiger partial charge in [0.15, 0.2) is 16.8 Å². The van der Waals surface area contributed by atoms with Crippen molar-refractivity contribution < 1.29 is 14.0 Å². The Kier molecular flexibility index (Phi) is 7.06. The van der Waals surface area contributed by atoms with Crippen molar-refractivity contribution in [1.82, 2.24) is 4.57 Å². The summed E-state index contributed by atoms with van der Waals surface area (Å²) >= 11 is 3.79. The molecule has 0 bridgehead atoms. The van der Waals surface area contributed by atoms with Crippen LogP contribution in [0.15, 0.2) is 71.0 Å². The van der Waals surface area contributed by atoms with Crippen molar-refractivity contribution in [3.63, 3.8) is 0 Å². The fourth-order valence-corrected chi connectivity index (χ4v) is 12.7. The Labute approximate surface area is 284 Å². The second-order valence-corrected chi connectivity index (χ2v) is 17.8. The first-order valence-electron chi connectivity index (χ1n) is 18.4. The summed E-state index contributed by atoms with van der Waals surface area (Å²) in [6, 6.07) is 18.2. The Morgan fingerprint density at radius 2 is 1.78 bits per heavy atom. The van der Waals surface area contributed by atoms with Crippen LogP contribution >= 0.6 is 15.9 Å². The lowest BCUT2D eigenvalue weighted by atomic mass is 9.46. The standard InChI is InChI=1S/C41H52BrN2O2/c1-26-15-20-41(45-24-26)27(2)38-37(46-41)22-33-31-14-13-29-21-30(16-18-39(29,3)32(31)17-19-40(33,38)4)44-25-43(35-11-7-8-12-36(35)44)23-28-9-5-6-10-34(28)42/h5-13,25-27,30-33,37-38H,14-24H2,1-4H3/q+1/t26-,27+,30-,31-,32+,33+,37+,38+,39+,40+,41-/m1/s1. The van der Waals surface area contributed by atoms with Crippen LogP contribution in [-0.2, 0) is 16.0 Å². The van der Waals surface area contributed by atoms with Gasteiger partial charge in [-0.15, -0.1) is 0 Å². The SMILES string of the molecule is C[C@@H]1CC[C@@]2(OC1)O[C@H]1C[C@H]3[C@@H]4CC=C5C[C@H](n6c[n+](Cc7ccccc7Br)c7ccccc76)CC[C@]5(C)[C@H]4CC[C@]3(C)[C@H]1[C@@H]2C. The molecule has 3 aromatic rings. The number of rotatable bonds is 3. The third-order valence-corrected chi connectivity index (χ3v) is 15.5. The number of allylic oxidation sites excluding steroid dienone is 2. The number of hydrogen-bond donors (Lipinski definition) is 0. The van der Waals surface area contributed by atoms with E-state index in [2.05, 4.69) is 114 Å². The minimum atomic E-state index is -0.310. The second-order valence-electron chi connectivity index (χ2n) is 16.9. The van der Waals surface area contributed by atoms with Crippen LogP contribution in [-0.4, -0.2) is 23.1 Å². The first-order valence-corrected chi connectivity index (χ1v) is 19.2. The summed E-state index contributed by atoms with van der Waals surface area (Å²) in [7, 11) is 0. The monoisotopic (exact) mass is 683 g/mol. The van der Waals surface area contributed by atoms with E-state index < -0.39 is 0 Å². The van der Waals surface area contributed by atoms with Crippen molar-refractivity contribution in [3.05, 3.63) is 76.5 Å². The molecule has 244 valence electrons. The molecule has 4 aliphatic carbocycles. The molecule has 2 aliphatic heterocycles. The van der Waals surface area contributed by atoms with Crippen molar-refractivity contribution in [2.75, 3.05) is 6.61 Å². The summed E-state index contributed by atoms with van der Waals surface area (Å²) in [6.07, 6.45) is 16.9. The molecule has 5 heteroatoms. The van der Waals surface area contributed by atoms with Gasteiger partial charge in [-0.05, 0) is 104 Å². The summed E-state index contributed by atoms with van der Waals surface area (Å²) in [5, 5.41) is 0. The molecule has 1 aromatic heterocycles. The molecule has 3 saturated carbocycles. The van der Waals surface area contributed by atoms with Crippen molar-refractivity contribution in [3.8, 4) is 0 Å². The second kappa shape index (κ2) is 10.8. The summed E-state index contributed by atoms with van der Waals surface area (Å²) in [5.41, 5.74) is 6.49. The lowest BCUT2D eigenvalue weighted by molar-refractivity contribution is -0.663. The summed E-state index contributed by atoms with van der Waals surface area (Å²) < 4.78 is 19.9. The molecular weight excluding hydrogens is 632 g/mol. The van der Waals surface area contributed by atoms with Crippen LogP contribution in [0.3, 0.4) is 0 Å². The van der Waals surface area contributed by atoms with Crippen molar-refractivity contribution in [1.29, 1.82) is 0 Å². The first-order chi connectivity index (χ1) is 22.2. The van der Waals surface area contributed by atoms with E-state index in [9.17, 15) is 0 Å². The van der Waals surface area contributed by atoms with Crippen LogP contribution in [0.5, 0.6) is 0 Å². The van der Waals surface area contributed by atoms with Gasteiger partial charge < -0.3 is 9.47 Å². The maximum absolute atomic E-state index is 7.04. The Morgan fingerprint density at radius 3 is 2.61 bits per heavy atom. The third-order valence-electron chi connectivity index (χ3n) is 14.8. The smallest absolute Gasteiger partial charge is 0.245 e. The van der Waals surface area contributed by atoms with Crippen LogP contribution in [0.1, 0.15) is 97.1 Å². The molecule has 5 fully saturated rings. The first kappa shape index (κ1) is 30.1. The number of ether oxygens (including phenoxy) is 2. The highest BCUT2D eigenvalue weighted by Crippen LogP contribution is 2.71. The minimum absolute atomic E-state index is 0.310. The maximum atomic E-state index is 7.04. The van der Waals surface area contributed by atoms with Crippen molar-refractivity contribution in [2.45, 2.75) is 110 Å². The van der Waals surface area contributed by atoms with Gasteiger partial charge in [-0.1, -0.05) is 85.6 Å². The lowest BCUT2D eigenvalue weighted by Crippen LogP contribution is -2.52. The van der Waals surface area contributed by atoms with Crippen molar-refractivity contribution in [2.24, 2.45) is 46.3 Å². The highest BCUT2D eigenvalue weighted by atomic mass is 79.9. The van der Waals surface area contributed by atoms with Crippen LogP contribution in [0.4, 0.5) is 0 Å². The number of imidazole rings is 1. The fraction of sp³-hybridized carbons (Fsp3) is 0.634. The van der Waals surface area contributed by atoms with Crippen LogP contribution in [0.25, 0.3) is 11.0 Å². The molecule has 9 rings (SSSR count). The van der Waals surface area contributed by atoms with E-state index >= 15 is 0 Å². The van der Waals surface area contributed by atoms with E-state index in [1.807, 2.05) is 0 Å². The fourth-order valence-electron chi connectivity index (χ4n) is 12.3. The average molecular weight is 685 g/mol. The Balaban J connectivity index is 0.971. The van der Waals surface area contributed by atoms with E-state index in [-0.39, 0.29) is 5.79 Å². The van der Waals surface area contributed by atoms with Gasteiger partial charge in [-0.25, -0.2) is 9.13 Å². The summed E-state index contributed by atoms with van der Waals surface area (Å²) in [4.78, 5) is 0. The zero-order valence-corrected chi connectivity index (χ0v) is 29.8. The Morgan fingerprint density at radius 1 is 0.957 bits per heavy atom. The maximum Gasteiger partial charge on any atom is 0.245 e. The molecular formula is C41H52BrN2O2+. The quantitative estimate of drug-likeness (QED) is 0.203. The van der Waals surface area contributed by atoms with Crippen molar-refractivity contribution >= 4 is 27.0 Å². The molecule has 1 spiro atoms. The molecule has 0 unspecified atom stereocenters. The van der Waals surface area contributed by atoms with Gasteiger partial charge in [0.2, 0.25) is 6.33 Å². The highest BCUT2D eigenvalue weighted by molar-refractivity contribution is 9.10. The van der Waals surface area contributed by atoms with E-state index in [0.717, 1.165) is 37.3 Å². The number of benzene rings is 2. The normalized spacial score (nSPS) is 43.2. The van der Waals surface area contributed by atoms with E-state index in [4.69, 9.17) is 9.47 Å². The van der Waals surface area contributed by atoms with Gasteiger partial charge in [-0.2, -0.15) is 0 Å². The molecule has 0 N–H and O–H groups in total. The number of aromatic nitrogens is 2. The number of fused-ring (bicyclic) bond motifs is 8. The number of para-hydroxylation sites is 2. The zero-order valence-electron chi connectivity index (χ0n) is 28.3. The molecule has 4 nitrogen and oxygen atoms in total. The summed E-state index contributed by atoms with van der Waals surface area (Å²) in [6.45, 7) is 11.9. The number of hydrogen-bond acceptors (Lipinski definition) is 2. The Bertz CT molecular complexity index is 1690. The Hall–Kier alpha value is -1.95. The van der Waals surface area contributed by atoms with E-state index in [1.165, 1.54) is 72.4 Å². The largest absolute Gasteiger partial charge is 0.349 e. The van der Waals surface area contributed by atoms with Gasteiger partial charge in [-0.3, -0.25) is 0 Å². The highest BCUT2D eigenvalue weighted by Gasteiger charge is 2.68. The number of halogens is 1.